The van der Waals surface area contributed by atoms with Crippen LogP contribution in [-0.4, -0.2) is 25.0 Å². The van der Waals surface area contributed by atoms with Gasteiger partial charge in [-0.15, -0.1) is 0 Å². The number of aromatic hydroxyl groups is 1. The lowest BCUT2D eigenvalue weighted by Crippen LogP contribution is -2.00. The van der Waals surface area contributed by atoms with E-state index in [0.29, 0.717) is 27.5 Å². The molecule has 0 saturated heterocycles. The Bertz CT molecular complexity index is 978. The van der Waals surface area contributed by atoms with Crippen molar-refractivity contribution in [1.29, 1.82) is 0 Å². The number of benzene rings is 2. The zero-order valence-electron chi connectivity index (χ0n) is 13.5. The molecular weight excluding hydrogens is 392 g/mol. The lowest BCUT2D eigenvalue weighted by molar-refractivity contribution is 0.474. The molecule has 0 unspecified atom stereocenters. The fraction of sp³-hybridized carbons (Fsp3) is 0. The molecule has 2 aromatic carbocycles. The molecule has 1 N–H and O–H groups in total. The van der Waals surface area contributed by atoms with Crippen molar-refractivity contribution in [3.63, 3.8) is 0 Å². The van der Waals surface area contributed by atoms with E-state index >= 15 is 0 Å². The highest BCUT2D eigenvalue weighted by Crippen LogP contribution is 2.34. The van der Waals surface area contributed by atoms with Gasteiger partial charge in [0.2, 0.25) is 0 Å². The van der Waals surface area contributed by atoms with E-state index in [0.717, 1.165) is 11.1 Å². The standard InChI is InChI=1S/C20H13BrN4O/c21-15-11-22-12-16(26)17(15)20-24-18(13-7-3-1-4-8-13)23-19(25-20)14-9-5-2-6-10-14/h1-12,26H. The first kappa shape index (κ1) is 16.4. The van der Waals surface area contributed by atoms with Crippen LogP contribution in [0.15, 0.2) is 77.5 Å². The van der Waals surface area contributed by atoms with Gasteiger partial charge in [-0.3, -0.25) is 4.98 Å². The molecule has 0 amide bonds. The second-order valence-corrected chi connectivity index (χ2v) is 6.41. The Morgan fingerprint density at radius 3 is 1.65 bits per heavy atom. The van der Waals surface area contributed by atoms with Gasteiger partial charge in [-0.25, -0.2) is 15.0 Å². The first-order chi connectivity index (χ1) is 12.7. The van der Waals surface area contributed by atoms with Crippen LogP contribution >= 0.6 is 15.9 Å². The van der Waals surface area contributed by atoms with E-state index in [1.165, 1.54) is 6.20 Å². The minimum atomic E-state index is 0.00333. The highest BCUT2D eigenvalue weighted by molar-refractivity contribution is 9.10. The van der Waals surface area contributed by atoms with E-state index in [1.807, 2.05) is 60.7 Å². The minimum Gasteiger partial charge on any atom is -0.506 e. The third-order valence-corrected chi connectivity index (χ3v) is 4.40. The summed E-state index contributed by atoms with van der Waals surface area (Å²) >= 11 is 3.42. The Balaban J connectivity index is 1.97. The molecule has 0 atom stereocenters. The van der Waals surface area contributed by atoms with Gasteiger partial charge >= 0.3 is 0 Å². The van der Waals surface area contributed by atoms with Crippen LogP contribution in [0.1, 0.15) is 0 Å². The predicted molar refractivity (Wildman–Crippen MR) is 103 cm³/mol. The van der Waals surface area contributed by atoms with Crippen molar-refractivity contribution in [3.8, 4) is 39.9 Å². The molecule has 0 radical (unpaired) electrons. The molecule has 6 heteroatoms. The quantitative estimate of drug-likeness (QED) is 0.533. The molecule has 0 aliphatic rings. The van der Waals surface area contributed by atoms with Crippen molar-refractivity contribution < 1.29 is 5.11 Å². The maximum absolute atomic E-state index is 10.3. The van der Waals surface area contributed by atoms with E-state index in [1.54, 1.807) is 6.20 Å². The number of hydrogen-bond acceptors (Lipinski definition) is 5. The molecule has 5 nitrogen and oxygen atoms in total. The van der Waals surface area contributed by atoms with Crippen molar-refractivity contribution in [2.75, 3.05) is 0 Å². The van der Waals surface area contributed by atoms with E-state index in [4.69, 9.17) is 0 Å². The van der Waals surface area contributed by atoms with Crippen LogP contribution in [0.4, 0.5) is 0 Å². The van der Waals surface area contributed by atoms with Crippen molar-refractivity contribution >= 4 is 15.9 Å². The summed E-state index contributed by atoms with van der Waals surface area (Å²) in [5.41, 5.74) is 2.23. The summed E-state index contributed by atoms with van der Waals surface area (Å²) in [6.45, 7) is 0. The fourth-order valence-corrected chi connectivity index (χ4v) is 3.07. The van der Waals surface area contributed by atoms with Crippen LogP contribution in [0.3, 0.4) is 0 Å². The number of aromatic nitrogens is 4. The monoisotopic (exact) mass is 404 g/mol. The maximum atomic E-state index is 10.3. The molecule has 0 aliphatic heterocycles. The average molecular weight is 405 g/mol. The molecule has 2 aromatic heterocycles. The van der Waals surface area contributed by atoms with Crippen molar-refractivity contribution in [3.05, 3.63) is 77.5 Å². The van der Waals surface area contributed by atoms with E-state index in [9.17, 15) is 5.11 Å². The minimum absolute atomic E-state index is 0.00333. The van der Waals surface area contributed by atoms with Crippen molar-refractivity contribution in [2.24, 2.45) is 0 Å². The van der Waals surface area contributed by atoms with Crippen molar-refractivity contribution in [1.82, 2.24) is 19.9 Å². The number of pyridine rings is 1. The van der Waals surface area contributed by atoms with Gasteiger partial charge in [-0.1, -0.05) is 60.7 Å². The maximum Gasteiger partial charge on any atom is 0.169 e. The van der Waals surface area contributed by atoms with Gasteiger partial charge < -0.3 is 5.11 Å². The third kappa shape index (κ3) is 3.19. The Morgan fingerprint density at radius 2 is 1.15 bits per heavy atom. The predicted octanol–water partition coefficient (Wildman–Crippen LogP) is 4.74. The molecule has 0 aliphatic carbocycles. The Morgan fingerprint density at radius 1 is 0.654 bits per heavy atom. The third-order valence-electron chi connectivity index (χ3n) is 3.80. The van der Waals surface area contributed by atoms with Gasteiger partial charge in [0, 0.05) is 17.3 Å². The highest BCUT2D eigenvalue weighted by atomic mass is 79.9. The molecule has 4 aromatic rings. The molecule has 126 valence electrons. The smallest absolute Gasteiger partial charge is 0.169 e. The SMILES string of the molecule is Oc1cncc(Br)c1-c1nc(-c2ccccc2)nc(-c2ccccc2)n1. The van der Waals surface area contributed by atoms with Crippen LogP contribution in [-0.2, 0) is 0 Å². The van der Waals surface area contributed by atoms with E-state index in [-0.39, 0.29) is 5.75 Å². The molecule has 0 saturated carbocycles. The summed E-state index contributed by atoms with van der Waals surface area (Å²) in [7, 11) is 0. The molecule has 2 heterocycles. The van der Waals surface area contributed by atoms with E-state index < -0.39 is 0 Å². The molecule has 0 bridgehead atoms. The second-order valence-electron chi connectivity index (χ2n) is 5.55. The zero-order valence-corrected chi connectivity index (χ0v) is 15.1. The second kappa shape index (κ2) is 7.01. The molecule has 26 heavy (non-hydrogen) atoms. The van der Waals surface area contributed by atoms with E-state index in [2.05, 4.69) is 35.9 Å². The molecule has 0 fully saturated rings. The van der Waals surface area contributed by atoms with Crippen LogP contribution in [0.25, 0.3) is 34.2 Å². The van der Waals surface area contributed by atoms with Crippen LogP contribution < -0.4 is 0 Å². The number of halogens is 1. The summed E-state index contributed by atoms with van der Waals surface area (Å²) in [6.07, 6.45) is 2.97. The van der Waals surface area contributed by atoms with Gasteiger partial charge in [0.05, 0.1) is 16.2 Å². The summed E-state index contributed by atoms with van der Waals surface area (Å²) in [4.78, 5) is 17.7. The summed E-state index contributed by atoms with van der Waals surface area (Å²) in [5.74, 6) is 1.46. The first-order valence-corrected chi connectivity index (χ1v) is 8.71. The topological polar surface area (TPSA) is 71.8 Å². The normalized spacial score (nSPS) is 10.7. The largest absolute Gasteiger partial charge is 0.506 e. The van der Waals surface area contributed by atoms with Crippen LogP contribution in [0.2, 0.25) is 0 Å². The Kier molecular flexibility index (Phi) is 4.41. The van der Waals surface area contributed by atoms with Crippen LogP contribution in [0.5, 0.6) is 5.75 Å². The van der Waals surface area contributed by atoms with Gasteiger partial charge in [0.25, 0.3) is 0 Å². The molecular formula is C20H13BrN4O. The Labute approximate surface area is 158 Å². The van der Waals surface area contributed by atoms with Gasteiger partial charge in [0.1, 0.15) is 5.75 Å². The highest BCUT2D eigenvalue weighted by Gasteiger charge is 2.17. The summed E-state index contributed by atoms with van der Waals surface area (Å²) in [6, 6.07) is 19.4. The van der Waals surface area contributed by atoms with Gasteiger partial charge in [-0.2, -0.15) is 0 Å². The Hall–Kier alpha value is -3.12. The van der Waals surface area contributed by atoms with Crippen LogP contribution in [0, 0.1) is 0 Å². The lowest BCUT2D eigenvalue weighted by atomic mass is 10.1. The van der Waals surface area contributed by atoms with Gasteiger partial charge in [-0.05, 0) is 15.9 Å². The first-order valence-electron chi connectivity index (χ1n) is 7.92. The summed E-state index contributed by atoms with van der Waals surface area (Å²) < 4.78 is 0.613. The van der Waals surface area contributed by atoms with Crippen molar-refractivity contribution in [2.45, 2.75) is 0 Å². The van der Waals surface area contributed by atoms with Gasteiger partial charge in [0.15, 0.2) is 17.5 Å². The number of hydrogen-bond donors (Lipinski definition) is 1. The summed E-state index contributed by atoms with van der Waals surface area (Å²) in [5, 5.41) is 10.3. The number of nitrogens with zero attached hydrogens (tertiary/aromatic N) is 4. The lowest BCUT2D eigenvalue weighted by Gasteiger charge is -2.10. The zero-order chi connectivity index (χ0) is 17.9. The fourth-order valence-electron chi connectivity index (χ4n) is 2.57. The number of rotatable bonds is 3. The average Bonchev–Trinajstić information content (AvgIpc) is 2.69. The molecule has 0 spiro atoms. The molecule has 4 rings (SSSR count).